The van der Waals surface area contributed by atoms with E-state index in [1.165, 1.54) is 0 Å². The zero-order chi connectivity index (χ0) is 15.4. The molecule has 2 rings (SSSR count). The molecule has 1 atom stereocenters. The molecule has 3 N–H and O–H groups in total. The second-order valence-electron chi connectivity index (χ2n) is 4.46. The topological polar surface area (TPSA) is 47.3 Å². The molecule has 0 saturated heterocycles. The molecule has 0 aliphatic rings. The van der Waals surface area contributed by atoms with Crippen LogP contribution in [0.2, 0.25) is 5.02 Å². The van der Waals surface area contributed by atoms with Crippen LogP contribution in [-0.4, -0.2) is 13.7 Å². The Bertz CT molecular complexity index is 637. The summed E-state index contributed by atoms with van der Waals surface area (Å²) in [6, 6.07) is 11.6. The molecule has 2 aromatic carbocycles. The highest BCUT2D eigenvalue weighted by Gasteiger charge is 2.12. The van der Waals surface area contributed by atoms with Crippen molar-refractivity contribution in [1.29, 1.82) is 0 Å². The summed E-state index contributed by atoms with van der Waals surface area (Å²) in [6.45, 7) is 0.471. The van der Waals surface area contributed by atoms with E-state index in [9.17, 15) is 0 Å². The molecule has 112 valence electrons. The van der Waals surface area contributed by atoms with Crippen molar-refractivity contribution < 1.29 is 4.74 Å². The Morgan fingerprint density at radius 2 is 1.95 bits per heavy atom. The molecule has 0 saturated carbocycles. The average molecular weight is 435 g/mol. The van der Waals surface area contributed by atoms with E-state index in [2.05, 4.69) is 37.2 Å². The lowest BCUT2D eigenvalue weighted by molar-refractivity contribution is 0.412. The minimum atomic E-state index is 0.000261. The van der Waals surface area contributed by atoms with Crippen LogP contribution in [0.5, 0.6) is 5.75 Å². The molecule has 0 amide bonds. The monoisotopic (exact) mass is 432 g/mol. The van der Waals surface area contributed by atoms with Crippen LogP contribution < -0.4 is 15.8 Å². The normalized spacial score (nSPS) is 12.0. The lowest BCUT2D eigenvalue weighted by atomic mass is 10.1. The van der Waals surface area contributed by atoms with Crippen molar-refractivity contribution in [3.63, 3.8) is 0 Å². The van der Waals surface area contributed by atoms with Gasteiger partial charge in [0.25, 0.3) is 0 Å². The number of nitrogens with one attached hydrogen (secondary N) is 1. The molecule has 21 heavy (non-hydrogen) atoms. The molecule has 0 aliphatic carbocycles. The van der Waals surface area contributed by atoms with Gasteiger partial charge in [0, 0.05) is 16.7 Å². The van der Waals surface area contributed by atoms with Gasteiger partial charge in [-0.25, -0.2) is 0 Å². The van der Waals surface area contributed by atoms with Gasteiger partial charge in [0.05, 0.1) is 22.6 Å². The molecule has 0 bridgehead atoms. The summed E-state index contributed by atoms with van der Waals surface area (Å²) in [5.74, 6) is 0.795. The summed E-state index contributed by atoms with van der Waals surface area (Å²) in [7, 11) is 1.64. The van der Waals surface area contributed by atoms with Crippen LogP contribution in [0.3, 0.4) is 0 Å². The highest BCUT2D eigenvalue weighted by molar-refractivity contribution is 9.10. The fourth-order valence-electron chi connectivity index (χ4n) is 1.96. The standard InChI is InChI=1S/C15H15Br2ClN2O/c1-21-15-5-2-9(6-12(15)17)14(8-19)20-10-3-4-13(18)11(16)7-10/h2-7,14,20H,8,19H2,1H3. The minimum Gasteiger partial charge on any atom is -0.496 e. The molecule has 6 heteroatoms. The predicted octanol–water partition coefficient (Wildman–Crippen LogP) is 4.99. The van der Waals surface area contributed by atoms with Gasteiger partial charge in [-0.1, -0.05) is 17.7 Å². The number of anilines is 1. The maximum absolute atomic E-state index is 6.00. The Balaban J connectivity index is 2.23. The first-order valence-corrected chi connectivity index (χ1v) is 8.26. The number of halogens is 3. The van der Waals surface area contributed by atoms with Gasteiger partial charge in [-0.15, -0.1) is 0 Å². The van der Waals surface area contributed by atoms with Crippen molar-refractivity contribution >= 4 is 49.1 Å². The quantitative estimate of drug-likeness (QED) is 0.697. The van der Waals surface area contributed by atoms with Crippen LogP contribution in [0.4, 0.5) is 5.69 Å². The summed E-state index contributed by atoms with van der Waals surface area (Å²) < 4.78 is 6.99. The number of hydrogen-bond acceptors (Lipinski definition) is 3. The Labute approximate surface area is 146 Å². The smallest absolute Gasteiger partial charge is 0.133 e. The third-order valence-corrected chi connectivity index (χ3v) is 4.91. The van der Waals surface area contributed by atoms with Crippen LogP contribution >= 0.6 is 43.5 Å². The molecule has 2 aromatic rings. The molecule has 1 unspecified atom stereocenters. The van der Waals surface area contributed by atoms with Crippen LogP contribution in [0.15, 0.2) is 45.3 Å². The van der Waals surface area contributed by atoms with Crippen molar-refractivity contribution in [3.8, 4) is 5.75 Å². The van der Waals surface area contributed by atoms with Gasteiger partial charge in [-0.05, 0) is 67.8 Å². The third-order valence-electron chi connectivity index (χ3n) is 3.07. The predicted molar refractivity (Wildman–Crippen MR) is 95.3 cm³/mol. The van der Waals surface area contributed by atoms with Gasteiger partial charge in [-0.2, -0.15) is 0 Å². The summed E-state index contributed by atoms with van der Waals surface area (Å²) in [5, 5.41) is 4.08. The summed E-state index contributed by atoms with van der Waals surface area (Å²) >= 11 is 12.9. The summed E-state index contributed by atoms with van der Waals surface area (Å²) in [4.78, 5) is 0. The number of hydrogen-bond donors (Lipinski definition) is 2. The first kappa shape index (κ1) is 16.6. The summed E-state index contributed by atoms with van der Waals surface area (Å²) in [5.41, 5.74) is 7.93. The molecule has 3 nitrogen and oxygen atoms in total. The van der Waals surface area contributed by atoms with E-state index in [1.54, 1.807) is 7.11 Å². The van der Waals surface area contributed by atoms with Gasteiger partial charge in [-0.3, -0.25) is 0 Å². The van der Waals surface area contributed by atoms with Crippen LogP contribution in [0.1, 0.15) is 11.6 Å². The van der Waals surface area contributed by atoms with Gasteiger partial charge in [0.15, 0.2) is 0 Å². The van der Waals surface area contributed by atoms with E-state index in [1.807, 2.05) is 36.4 Å². The Kier molecular flexibility index (Phi) is 5.93. The maximum atomic E-state index is 6.00. The molecular formula is C15H15Br2ClN2O. The molecule has 0 spiro atoms. The first-order chi connectivity index (χ1) is 10.0. The second kappa shape index (κ2) is 7.49. The lowest BCUT2D eigenvalue weighted by Gasteiger charge is -2.20. The number of methoxy groups -OCH3 is 1. The third kappa shape index (κ3) is 4.13. The maximum Gasteiger partial charge on any atom is 0.133 e. The van der Waals surface area contributed by atoms with Crippen LogP contribution in [0.25, 0.3) is 0 Å². The number of benzene rings is 2. The molecule has 0 fully saturated rings. The Morgan fingerprint density at radius 1 is 1.19 bits per heavy atom. The summed E-state index contributed by atoms with van der Waals surface area (Å²) in [6.07, 6.45) is 0. The highest BCUT2D eigenvalue weighted by Crippen LogP contribution is 2.31. The van der Waals surface area contributed by atoms with E-state index in [0.29, 0.717) is 11.6 Å². The molecule has 0 heterocycles. The van der Waals surface area contributed by atoms with E-state index in [-0.39, 0.29) is 6.04 Å². The fourth-order valence-corrected chi connectivity index (χ4v) is 3.02. The van der Waals surface area contributed by atoms with Gasteiger partial charge in [0.1, 0.15) is 5.75 Å². The number of nitrogens with two attached hydrogens (primary N) is 1. The number of ether oxygens (including phenoxy) is 1. The zero-order valence-electron chi connectivity index (χ0n) is 11.4. The molecular weight excluding hydrogens is 419 g/mol. The van der Waals surface area contributed by atoms with Gasteiger partial charge >= 0.3 is 0 Å². The highest BCUT2D eigenvalue weighted by atomic mass is 79.9. The molecule has 0 aromatic heterocycles. The van der Waals surface area contributed by atoms with Crippen molar-refractivity contribution in [2.75, 3.05) is 19.0 Å². The lowest BCUT2D eigenvalue weighted by Crippen LogP contribution is -2.20. The van der Waals surface area contributed by atoms with E-state index in [4.69, 9.17) is 22.1 Å². The van der Waals surface area contributed by atoms with E-state index < -0.39 is 0 Å². The molecule has 0 radical (unpaired) electrons. The van der Waals surface area contributed by atoms with Crippen LogP contribution in [0, 0.1) is 0 Å². The first-order valence-electron chi connectivity index (χ1n) is 6.30. The van der Waals surface area contributed by atoms with Gasteiger partial charge < -0.3 is 15.8 Å². The molecule has 0 aliphatic heterocycles. The van der Waals surface area contributed by atoms with Crippen molar-refractivity contribution in [1.82, 2.24) is 0 Å². The average Bonchev–Trinajstić information content (AvgIpc) is 2.48. The fraction of sp³-hybridized carbons (Fsp3) is 0.200. The van der Waals surface area contributed by atoms with Gasteiger partial charge in [0.2, 0.25) is 0 Å². The van der Waals surface area contributed by atoms with Crippen molar-refractivity contribution in [3.05, 3.63) is 55.9 Å². The van der Waals surface area contributed by atoms with E-state index >= 15 is 0 Å². The Hall–Kier alpha value is -0.750. The van der Waals surface area contributed by atoms with Crippen LogP contribution in [-0.2, 0) is 0 Å². The SMILES string of the molecule is COc1ccc(C(CN)Nc2ccc(Cl)c(Br)c2)cc1Br. The van der Waals surface area contributed by atoms with Crippen molar-refractivity contribution in [2.24, 2.45) is 5.73 Å². The second-order valence-corrected chi connectivity index (χ2v) is 6.57. The van der Waals surface area contributed by atoms with E-state index in [0.717, 1.165) is 25.9 Å². The minimum absolute atomic E-state index is 0.000261. The largest absolute Gasteiger partial charge is 0.496 e. The number of rotatable bonds is 5. The van der Waals surface area contributed by atoms with Crippen molar-refractivity contribution in [2.45, 2.75) is 6.04 Å². The zero-order valence-corrected chi connectivity index (χ0v) is 15.3. The Morgan fingerprint density at radius 3 is 2.52 bits per heavy atom.